The van der Waals surface area contributed by atoms with Gasteiger partial charge in [-0.15, -0.1) is 0 Å². The number of ether oxygens (including phenoxy) is 2. The van der Waals surface area contributed by atoms with Crippen molar-refractivity contribution in [3.8, 4) is 11.5 Å². The van der Waals surface area contributed by atoms with Gasteiger partial charge in [0.25, 0.3) is 10.0 Å². The van der Waals surface area contributed by atoms with E-state index in [1.165, 1.54) is 26.0 Å². The van der Waals surface area contributed by atoms with Gasteiger partial charge in [-0.05, 0) is 62.3 Å². The summed E-state index contributed by atoms with van der Waals surface area (Å²) in [5.41, 5.74) is 1.32. The molecule has 192 valence electrons. The van der Waals surface area contributed by atoms with E-state index in [0.29, 0.717) is 17.1 Å². The number of nitrogens with one attached hydrogen (secondary N) is 2. The highest BCUT2D eigenvalue weighted by molar-refractivity contribution is 7.92. The number of likely N-dealkylation sites (tertiary alicyclic amines) is 1. The molecule has 1 saturated heterocycles. The molecule has 8 nitrogen and oxygen atoms in total. The molecule has 2 aromatic carbocycles. The number of amides is 1. The van der Waals surface area contributed by atoms with Crippen LogP contribution in [-0.2, 0) is 20.2 Å². The predicted molar refractivity (Wildman–Crippen MR) is 137 cm³/mol. The average molecular weight is 512 g/mol. The average Bonchev–Trinajstić information content (AvgIpc) is 3.54. The van der Waals surface area contributed by atoms with Gasteiger partial charge in [0, 0.05) is 25.2 Å². The second-order valence-corrected chi connectivity index (χ2v) is 12.1. The lowest BCUT2D eigenvalue weighted by Gasteiger charge is -2.32. The minimum absolute atomic E-state index is 0.00635. The Kier molecular flexibility index (Phi) is 5.87. The van der Waals surface area contributed by atoms with Crippen LogP contribution in [0.2, 0.25) is 0 Å². The number of carbonyl (C=O) groups excluding carboxylic acids is 1. The molecule has 0 unspecified atom stereocenters. The lowest BCUT2D eigenvalue weighted by atomic mass is 9.80. The Labute approximate surface area is 212 Å². The number of nitrogens with zero attached hydrogens (tertiary/aromatic N) is 1. The molecule has 0 aromatic heterocycles. The van der Waals surface area contributed by atoms with Crippen molar-refractivity contribution in [2.24, 2.45) is 0 Å². The van der Waals surface area contributed by atoms with Crippen molar-refractivity contribution >= 4 is 27.3 Å². The number of hydrogen-bond acceptors (Lipinski definition) is 6. The minimum Gasteiger partial charge on any atom is -0.495 e. The van der Waals surface area contributed by atoms with Crippen molar-refractivity contribution < 1.29 is 22.7 Å². The van der Waals surface area contributed by atoms with Crippen molar-refractivity contribution in [2.75, 3.05) is 30.2 Å². The van der Waals surface area contributed by atoms with E-state index in [2.05, 4.69) is 14.9 Å². The molecule has 0 bridgehead atoms. The Bertz CT molecular complexity index is 1280. The fourth-order valence-electron chi connectivity index (χ4n) is 6.13. The van der Waals surface area contributed by atoms with Gasteiger partial charge in [0.05, 0.1) is 23.9 Å². The topological polar surface area (TPSA) is 97.0 Å². The van der Waals surface area contributed by atoms with Gasteiger partial charge >= 0.3 is 0 Å². The first kappa shape index (κ1) is 23.6. The molecular formula is C27H33N3O5S. The summed E-state index contributed by atoms with van der Waals surface area (Å²) in [6, 6.07) is 10.8. The Balaban J connectivity index is 1.34. The first-order valence-electron chi connectivity index (χ1n) is 13.0. The van der Waals surface area contributed by atoms with Crippen LogP contribution < -0.4 is 19.5 Å². The summed E-state index contributed by atoms with van der Waals surface area (Å²) in [4.78, 5) is 15.8. The lowest BCUT2D eigenvalue weighted by molar-refractivity contribution is -0.120. The molecule has 2 aromatic rings. The van der Waals surface area contributed by atoms with Gasteiger partial charge in [-0.1, -0.05) is 25.0 Å². The number of methoxy groups -OCH3 is 1. The molecular weight excluding hydrogens is 478 g/mol. The van der Waals surface area contributed by atoms with Crippen LogP contribution >= 0.6 is 0 Å². The fourth-order valence-corrected chi connectivity index (χ4v) is 7.35. The van der Waals surface area contributed by atoms with E-state index in [0.717, 1.165) is 63.2 Å². The number of para-hydroxylation sites is 1. The quantitative estimate of drug-likeness (QED) is 0.577. The maximum atomic E-state index is 13.3. The molecule has 2 aliphatic heterocycles. The van der Waals surface area contributed by atoms with E-state index in [1.54, 1.807) is 24.3 Å². The van der Waals surface area contributed by atoms with Crippen LogP contribution in [-0.4, -0.2) is 51.6 Å². The summed E-state index contributed by atoms with van der Waals surface area (Å²) in [7, 11) is -2.47. The first-order chi connectivity index (χ1) is 17.4. The van der Waals surface area contributed by atoms with E-state index in [-0.39, 0.29) is 22.7 Å². The second-order valence-electron chi connectivity index (χ2n) is 10.5. The van der Waals surface area contributed by atoms with Gasteiger partial charge in [0.2, 0.25) is 5.91 Å². The molecule has 0 radical (unpaired) electrons. The van der Waals surface area contributed by atoms with Gasteiger partial charge in [-0.3, -0.25) is 9.52 Å². The maximum absolute atomic E-state index is 13.3. The van der Waals surface area contributed by atoms with Crippen molar-refractivity contribution in [1.82, 2.24) is 4.90 Å². The zero-order valence-electron chi connectivity index (χ0n) is 20.6. The molecule has 2 heterocycles. The number of sulfonamides is 1. The molecule has 0 atom stereocenters. The van der Waals surface area contributed by atoms with Gasteiger partial charge in [-0.25, -0.2) is 8.42 Å². The Morgan fingerprint density at radius 3 is 2.44 bits per heavy atom. The third-order valence-electron chi connectivity index (χ3n) is 8.19. The van der Waals surface area contributed by atoms with Gasteiger partial charge in [0.15, 0.2) is 0 Å². The van der Waals surface area contributed by atoms with E-state index >= 15 is 0 Å². The molecule has 3 fully saturated rings. The number of piperidine rings is 1. The zero-order chi connectivity index (χ0) is 24.9. The van der Waals surface area contributed by atoms with Crippen LogP contribution in [0.15, 0.2) is 41.3 Å². The van der Waals surface area contributed by atoms with Crippen LogP contribution in [0.25, 0.3) is 0 Å². The van der Waals surface area contributed by atoms with Gasteiger partial charge < -0.3 is 19.7 Å². The summed E-state index contributed by atoms with van der Waals surface area (Å²) in [5, 5.41) is 3.09. The highest BCUT2D eigenvalue weighted by atomic mass is 32.2. The van der Waals surface area contributed by atoms with Crippen LogP contribution in [0, 0.1) is 0 Å². The second kappa shape index (κ2) is 8.95. The number of carbonyl (C=O) groups is 1. The lowest BCUT2D eigenvalue weighted by Crippen LogP contribution is -2.39. The maximum Gasteiger partial charge on any atom is 0.265 e. The highest BCUT2D eigenvalue weighted by Gasteiger charge is 2.50. The Morgan fingerprint density at radius 1 is 1.03 bits per heavy atom. The van der Waals surface area contributed by atoms with Crippen LogP contribution in [0.1, 0.15) is 56.9 Å². The van der Waals surface area contributed by atoms with Crippen LogP contribution in [0.3, 0.4) is 0 Å². The summed E-state index contributed by atoms with van der Waals surface area (Å²) < 4.78 is 41.2. The molecule has 9 heteroatoms. The smallest absolute Gasteiger partial charge is 0.265 e. The standard InChI is InChI=1S/C27H33N3O5S/c1-34-22-6-2-3-7-24(22)36(32,33)29-18-16-21-25(28-26(31)27(21)12-4-5-13-27)23(17-18)35-20-10-14-30(15-11-20)19-8-9-19/h2-3,6-7,16-17,19-20,29H,4-5,8-15H2,1H3,(H,28,31). The minimum atomic E-state index is -3.92. The number of anilines is 2. The number of hydrogen-bond donors (Lipinski definition) is 2. The zero-order valence-corrected chi connectivity index (χ0v) is 21.4. The molecule has 4 aliphatic rings. The largest absolute Gasteiger partial charge is 0.495 e. The van der Waals surface area contributed by atoms with E-state index in [9.17, 15) is 13.2 Å². The van der Waals surface area contributed by atoms with Crippen molar-refractivity contribution in [1.29, 1.82) is 0 Å². The third-order valence-corrected chi connectivity index (χ3v) is 9.61. The Hall–Kier alpha value is -2.78. The van der Waals surface area contributed by atoms with E-state index < -0.39 is 15.4 Å². The van der Waals surface area contributed by atoms with Crippen LogP contribution in [0.5, 0.6) is 11.5 Å². The summed E-state index contributed by atoms with van der Waals surface area (Å²) in [6.07, 6.45) is 7.91. The van der Waals surface area contributed by atoms with Gasteiger partial charge in [0.1, 0.15) is 22.5 Å². The molecule has 36 heavy (non-hydrogen) atoms. The van der Waals surface area contributed by atoms with Crippen molar-refractivity contribution in [2.45, 2.75) is 73.8 Å². The number of benzene rings is 2. The summed E-state index contributed by atoms with van der Waals surface area (Å²) in [5.74, 6) is 0.814. The molecule has 1 amide bonds. The predicted octanol–water partition coefficient (Wildman–Crippen LogP) is 4.27. The van der Waals surface area contributed by atoms with E-state index in [4.69, 9.17) is 9.47 Å². The van der Waals surface area contributed by atoms with E-state index in [1.807, 2.05) is 6.07 Å². The molecule has 2 saturated carbocycles. The molecule has 2 aliphatic carbocycles. The number of rotatable bonds is 7. The van der Waals surface area contributed by atoms with Crippen LogP contribution in [0.4, 0.5) is 11.4 Å². The fraction of sp³-hybridized carbons (Fsp3) is 0.519. The number of fused-ring (bicyclic) bond motifs is 2. The molecule has 2 N–H and O–H groups in total. The summed E-state index contributed by atoms with van der Waals surface area (Å²) in [6.45, 7) is 2.02. The first-order valence-corrected chi connectivity index (χ1v) is 14.4. The monoisotopic (exact) mass is 511 g/mol. The van der Waals surface area contributed by atoms with Crippen molar-refractivity contribution in [3.63, 3.8) is 0 Å². The molecule has 1 spiro atoms. The highest BCUT2D eigenvalue weighted by Crippen LogP contribution is 2.53. The molecule has 6 rings (SSSR count). The third kappa shape index (κ3) is 4.12. The SMILES string of the molecule is COc1ccccc1S(=O)(=O)Nc1cc(OC2CCN(C3CC3)CC2)c2c(c1)C1(CCCC1)C(=O)N2. The Morgan fingerprint density at radius 2 is 1.75 bits per heavy atom. The summed E-state index contributed by atoms with van der Waals surface area (Å²) >= 11 is 0. The van der Waals surface area contributed by atoms with Crippen molar-refractivity contribution in [3.05, 3.63) is 42.0 Å². The normalized spacial score (nSPS) is 21.9. The van der Waals surface area contributed by atoms with Gasteiger partial charge in [-0.2, -0.15) is 0 Å².